The van der Waals surface area contributed by atoms with Gasteiger partial charge in [-0.3, -0.25) is 14.7 Å². The molecule has 0 amide bonds. The van der Waals surface area contributed by atoms with E-state index in [4.69, 9.17) is 16.3 Å². The smallest absolute Gasteiger partial charge is 0.306 e. The molecule has 1 fully saturated rings. The Hall–Kier alpha value is -3.91. The Kier molecular flexibility index (Phi) is 6.37. The van der Waals surface area contributed by atoms with E-state index in [1.807, 2.05) is 30.3 Å². The van der Waals surface area contributed by atoms with Crippen LogP contribution in [0.4, 0.5) is 5.69 Å². The average molecular weight is 491 g/mol. The van der Waals surface area contributed by atoms with Gasteiger partial charge in [0, 0.05) is 29.6 Å². The molecule has 0 radical (unpaired) electrons. The molecule has 1 aliphatic rings. The number of ether oxygens (including phenoxy) is 1. The molecule has 3 N–H and O–H groups in total. The summed E-state index contributed by atoms with van der Waals surface area (Å²) in [6.45, 7) is 0. The number of carboxylic acid groups (broad SMARTS) is 1. The van der Waals surface area contributed by atoms with Crippen LogP contribution in [-0.4, -0.2) is 38.1 Å². The highest BCUT2D eigenvalue weighted by Gasteiger charge is 2.27. The molecule has 0 spiro atoms. The Labute approximate surface area is 206 Å². The predicted molar refractivity (Wildman–Crippen MR) is 132 cm³/mol. The molecular formula is C26H23ClN4O4. The largest absolute Gasteiger partial charge is 0.481 e. The average Bonchev–Trinajstić information content (AvgIpc) is 3.30. The summed E-state index contributed by atoms with van der Waals surface area (Å²) in [5.41, 5.74) is 1.73. The third kappa shape index (κ3) is 4.83. The summed E-state index contributed by atoms with van der Waals surface area (Å²) in [6.07, 6.45) is 4.34. The molecule has 0 atom stereocenters. The van der Waals surface area contributed by atoms with Crippen LogP contribution in [0.15, 0.2) is 60.8 Å². The molecule has 9 heteroatoms. The normalized spacial score (nSPS) is 17.7. The lowest BCUT2D eigenvalue weighted by atomic mass is 9.86. The minimum atomic E-state index is -0.741. The van der Waals surface area contributed by atoms with Crippen LogP contribution in [0, 0.1) is 5.92 Å². The first kappa shape index (κ1) is 22.9. The fraction of sp³-hybridized carbons (Fsp3) is 0.231. The second kappa shape index (κ2) is 9.76. The van der Waals surface area contributed by atoms with Crippen LogP contribution in [0.1, 0.15) is 41.7 Å². The lowest BCUT2D eigenvalue weighted by molar-refractivity contribution is -0.142. The van der Waals surface area contributed by atoms with E-state index in [1.54, 1.807) is 30.5 Å². The number of hydrogen-bond donors (Lipinski definition) is 3. The summed E-state index contributed by atoms with van der Waals surface area (Å²) in [6, 6.07) is 16.1. The van der Waals surface area contributed by atoms with Crippen molar-refractivity contribution in [1.82, 2.24) is 15.2 Å². The first-order valence-corrected chi connectivity index (χ1v) is 11.8. The number of halogens is 1. The van der Waals surface area contributed by atoms with E-state index in [2.05, 4.69) is 20.5 Å². The fourth-order valence-corrected chi connectivity index (χ4v) is 4.69. The number of para-hydroxylation sites is 1. The van der Waals surface area contributed by atoms with Gasteiger partial charge in [-0.25, -0.2) is 4.98 Å². The molecule has 1 saturated carbocycles. The Balaban J connectivity index is 1.39. The van der Waals surface area contributed by atoms with Gasteiger partial charge >= 0.3 is 5.97 Å². The zero-order chi connectivity index (χ0) is 24.4. The van der Waals surface area contributed by atoms with Crippen LogP contribution in [-0.2, 0) is 4.79 Å². The van der Waals surface area contributed by atoms with Crippen molar-refractivity contribution in [2.45, 2.75) is 31.7 Å². The minimum absolute atomic E-state index is 0.104. The first-order chi connectivity index (χ1) is 17.0. The highest BCUT2D eigenvalue weighted by Crippen LogP contribution is 2.33. The van der Waals surface area contributed by atoms with E-state index in [1.165, 1.54) is 0 Å². The molecule has 35 heavy (non-hydrogen) atoms. The molecule has 2 aromatic carbocycles. The number of ketones is 1. The number of nitrogens with one attached hydrogen (secondary N) is 2. The van der Waals surface area contributed by atoms with Gasteiger partial charge in [-0.15, -0.1) is 0 Å². The van der Waals surface area contributed by atoms with Gasteiger partial charge in [0.1, 0.15) is 17.2 Å². The highest BCUT2D eigenvalue weighted by atomic mass is 35.5. The Morgan fingerprint density at radius 1 is 1.03 bits per heavy atom. The van der Waals surface area contributed by atoms with Crippen LogP contribution in [0.2, 0.25) is 5.02 Å². The van der Waals surface area contributed by atoms with Gasteiger partial charge in [-0.05, 0) is 56.0 Å². The zero-order valence-corrected chi connectivity index (χ0v) is 19.5. The number of pyridine rings is 1. The maximum atomic E-state index is 13.4. The molecule has 4 aromatic rings. The first-order valence-electron chi connectivity index (χ1n) is 11.4. The highest BCUT2D eigenvalue weighted by molar-refractivity contribution is 6.35. The van der Waals surface area contributed by atoms with Crippen molar-refractivity contribution in [3.05, 3.63) is 77.1 Å². The maximum absolute atomic E-state index is 13.4. The van der Waals surface area contributed by atoms with Crippen molar-refractivity contribution >= 4 is 40.1 Å². The molecule has 5 rings (SSSR count). The van der Waals surface area contributed by atoms with E-state index in [0.717, 1.165) is 18.5 Å². The van der Waals surface area contributed by atoms with Gasteiger partial charge in [0.15, 0.2) is 5.65 Å². The van der Waals surface area contributed by atoms with Crippen LogP contribution < -0.4 is 10.1 Å². The third-order valence-electron chi connectivity index (χ3n) is 6.28. The van der Waals surface area contributed by atoms with Crippen LogP contribution >= 0.6 is 11.6 Å². The number of H-pyrrole nitrogens is 1. The summed E-state index contributed by atoms with van der Waals surface area (Å²) in [5, 5.41) is 20.6. The number of carbonyl (C=O) groups excluding carboxylic acids is 1. The molecule has 8 nitrogen and oxygen atoms in total. The third-order valence-corrected chi connectivity index (χ3v) is 6.59. The molecular weight excluding hydrogens is 468 g/mol. The monoisotopic (exact) mass is 490 g/mol. The molecule has 1 aliphatic carbocycles. The van der Waals surface area contributed by atoms with Gasteiger partial charge in [-0.2, -0.15) is 5.10 Å². The Morgan fingerprint density at radius 3 is 2.51 bits per heavy atom. The summed E-state index contributed by atoms with van der Waals surface area (Å²) >= 11 is 6.48. The number of carbonyl (C=O) groups is 2. The fourth-order valence-electron chi connectivity index (χ4n) is 4.44. The van der Waals surface area contributed by atoms with Gasteiger partial charge in [0.05, 0.1) is 16.3 Å². The number of anilines is 1. The second-order valence-corrected chi connectivity index (χ2v) is 8.98. The van der Waals surface area contributed by atoms with Crippen molar-refractivity contribution in [3.8, 4) is 11.5 Å². The van der Waals surface area contributed by atoms with Crippen molar-refractivity contribution in [1.29, 1.82) is 0 Å². The van der Waals surface area contributed by atoms with Crippen molar-refractivity contribution in [3.63, 3.8) is 0 Å². The van der Waals surface area contributed by atoms with E-state index < -0.39 is 5.97 Å². The molecule has 0 unspecified atom stereocenters. The molecule has 0 saturated heterocycles. The van der Waals surface area contributed by atoms with Crippen molar-refractivity contribution in [2.75, 3.05) is 5.32 Å². The number of aromatic nitrogens is 3. The lowest BCUT2D eigenvalue weighted by Crippen LogP contribution is -2.29. The van der Waals surface area contributed by atoms with Crippen LogP contribution in [0.3, 0.4) is 0 Å². The Bertz CT molecular complexity index is 1380. The van der Waals surface area contributed by atoms with Gasteiger partial charge in [-0.1, -0.05) is 29.8 Å². The van der Waals surface area contributed by atoms with E-state index in [-0.39, 0.29) is 28.5 Å². The molecule has 2 heterocycles. The number of carboxylic acids is 1. The number of rotatable bonds is 7. The van der Waals surface area contributed by atoms with E-state index in [0.29, 0.717) is 40.9 Å². The van der Waals surface area contributed by atoms with E-state index in [9.17, 15) is 14.7 Å². The summed E-state index contributed by atoms with van der Waals surface area (Å²) in [7, 11) is 0. The van der Waals surface area contributed by atoms with Gasteiger partial charge in [0.2, 0.25) is 5.78 Å². The summed E-state index contributed by atoms with van der Waals surface area (Å²) in [4.78, 5) is 29.0. The SMILES string of the molecule is O=C(c1ccc(Oc2ccccc2)cc1Cl)c1n[nH]c2nccc(NC3CCC(C(=O)O)CC3)c12. The maximum Gasteiger partial charge on any atom is 0.306 e. The molecule has 0 bridgehead atoms. The molecule has 178 valence electrons. The standard InChI is InChI=1S/C26H23ClN4O4/c27-20-14-18(35-17-4-2-1-3-5-17)10-11-19(20)24(32)23-22-21(12-13-28-25(22)31-30-23)29-16-8-6-15(7-9-16)26(33)34/h1-5,10-16H,6-9H2,(H,33,34)(H2,28,29,30,31). The minimum Gasteiger partial charge on any atom is -0.481 e. The van der Waals surface area contributed by atoms with Crippen LogP contribution in [0.25, 0.3) is 11.0 Å². The van der Waals surface area contributed by atoms with Crippen LogP contribution in [0.5, 0.6) is 11.5 Å². The van der Waals surface area contributed by atoms with Gasteiger partial charge in [0.25, 0.3) is 0 Å². The zero-order valence-electron chi connectivity index (χ0n) is 18.7. The number of aromatic amines is 1. The topological polar surface area (TPSA) is 117 Å². The second-order valence-electron chi connectivity index (χ2n) is 8.57. The molecule has 0 aliphatic heterocycles. The number of hydrogen-bond acceptors (Lipinski definition) is 6. The van der Waals surface area contributed by atoms with E-state index >= 15 is 0 Å². The summed E-state index contributed by atoms with van der Waals surface area (Å²) < 4.78 is 5.81. The molecule has 2 aromatic heterocycles. The number of aliphatic carboxylic acids is 1. The number of fused-ring (bicyclic) bond motifs is 1. The lowest BCUT2D eigenvalue weighted by Gasteiger charge is -2.27. The quantitative estimate of drug-likeness (QED) is 0.285. The van der Waals surface area contributed by atoms with Gasteiger partial charge < -0.3 is 15.2 Å². The predicted octanol–water partition coefficient (Wildman–Crippen LogP) is 5.69. The van der Waals surface area contributed by atoms with Crippen molar-refractivity contribution < 1.29 is 19.4 Å². The van der Waals surface area contributed by atoms with Crippen molar-refractivity contribution in [2.24, 2.45) is 5.92 Å². The summed E-state index contributed by atoms with van der Waals surface area (Å²) in [5.74, 6) is -0.189. The number of nitrogens with zero attached hydrogens (tertiary/aromatic N) is 2. The number of benzene rings is 2. The Morgan fingerprint density at radius 2 is 1.80 bits per heavy atom.